The topological polar surface area (TPSA) is 49.9 Å². The summed E-state index contributed by atoms with van der Waals surface area (Å²) < 4.78 is 5.53. The third-order valence-corrected chi connectivity index (χ3v) is 3.15. The van der Waals surface area contributed by atoms with Gasteiger partial charge in [-0.15, -0.1) is 0 Å². The standard InChI is InChI=1S/C15H21N3O/c1-9-6-10(2)14(13(7-9)19-5)15-12(8-16-4)17-11(3)18-15/h6-7,16H,8H2,1-5H3,(H,17,18). The van der Waals surface area contributed by atoms with Crippen molar-refractivity contribution in [2.45, 2.75) is 27.3 Å². The van der Waals surface area contributed by atoms with Crippen molar-refractivity contribution in [3.05, 3.63) is 34.8 Å². The summed E-state index contributed by atoms with van der Waals surface area (Å²) >= 11 is 0. The SMILES string of the molecule is CNCc1[nH]c(C)nc1-c1c(C)cc(C)cc1OC. The highest BCUT2D eigenvalue weighted by Gasteiger charge is 2.17. The van der Waals surface area contributed by atoms with E-state index in [0.29, 0.717) is 0 Å². The molecule has 2 N–H and O–H groups in total. The van der Waals surface area contributed by atoms with E-state index in [1.54, 1.807) is 7.11 Å². The van der Waals surface area contributed by atoms with E-state index in [4.69, 9.17) is 4.74 Å². The van der Waals surface area contributed by atoms with Crippen LogP contribution in [0.3, 0.4) is 0 Å². The Hall–Kier alpha value is -1.81. The van der Waals surface area contributed by atoms with E-state index in [1.807, 2.05) is 14.0 Å². The molecule has 0 fully saturated rings. The van der Waals surface area contributed by atoms with Gasteiger partial charge in [0.05, 0.1) is 18.5 Å². The number of nitrogens with zero attached hydrogens (tertiary/aromatic N) is 1. The lowest BCUT2D eigenvalue weighted by Crippen LogP contribution is -2.07. The molecule has 0 amide bonds. The number of methoxy groups -OCH3 is 1. The van der Waals surface area contributed by atoms with Crippen molar-refractivity contribution < 1.29 is 4.74 Å². The van der Waals surface area contributed by atoms with E-state index in [9.17, 15) is 0 Å². The fourth-order valence-electron chi connectivity index (χ4n) is 2.45. The minimum absolute atomic E-state index is 0.757. The van der Waals surface area contributed by atoms with Crippen molar-refractivity contribution in [2.24, 2.45) is 0 Å². The zero-order valence-electron chi connectivity index (χ0n) is 12.2. The van der Waals surface area contributed by atoms with E-state index in [0.717, 1.165) is 35.1 Å². The number of nitrogens with one attached hydrogen (secondary N) is 2. The molecule has 2 aromatic rings. The average Bonchev–Trinajstić information content (AvgIpc) is 2.69. The second-order valence-corrected chi connectivity index (χ2v) is 4.84. The second-order valence-electron chi connectivity index (χ2n) is 4.84. The van der Waals surface area contributed by atoms with Crippen LogP contribution in [0.15, 0.2) is 12.1 Å². The maximum atomic E-state index is 5.53. The lowest BCUT2D eigenvalue weighted by molar-refractivity contribution is 0.415. The molecule has 0 saturated heterocycles. The molecule has 0 bridgehead atoms. The van der Waals surface area contributed by atoms with Crippen LogP contribution in [-0.2, 0) is 6.54 Å². The summed E-state index contributed by atoms with van der Waals surface area (Å²) in [6.07, 6.45) is 0. The molecule has 0 unspecified atom stereocenters. The van der Waals surface area contributed by atoms with Gasteiger partial charge in [-0.05, 0) is 45.0 Å². The smallest absolute Gasteiger partial charge is 0.128 e. The average molecular weight is 259 g/mol. The predicted molar refractivity (Wildman–Crippen MR) is 77.6 cm³/mol. The highest BCUT2D eigenvalue weighted by molar-refractivity contribution is 5.73. The van der Waals surface area contributed by atoms with Gasteiger partial charge in [0.2, 0.25) is 0 Å². The molecule has 0 spiro atoms. The number of aromatic amines is 1. The van der Waals surface area contributed by atoms with Crippen LogP contribution in [0.4, 0.5) is 0 Å². The summed E-state index contributed by atoms with van der Waals surface area (Å²) in [6.45, 7) is 6.90. The van der Waals surface area contributed by atoms with Gasteiger partial charge in [0, 0.05) is 12.1 Å². The van der Waals surface area contributed by atoms with E-state index in [-0.39, 0.29) is 0 Å². The number of imidazole rings is 1. The Bertz CT molecular complexity index is 587. The number of rotatable bonds is 4. The quantitative estimate of drug-likeness (QED) is 0.887. The number of hydrogen-bond donors (Lipinski definition) is 2. The third-order valence-electron chi connectivity index (χ3n) is 3.15. The van der Waals surface area contributed by atoms with E-state index in [2.05, 4.69) is 41.3 Å². The summed E-state index contributed by atoms with van der Waals surface area (Å²) in [5.41, 5.74) is 5.51. The van der Waals surface area contributed by atoms with Gasteiger partial charge < -0.3 is 15.0 Å². The molecular weight excluding hydrogens is 238 g/mol. The molecule has 0 atom stereocenters. The largest absolute Gasteiger partial charge is 0.496 e. The van der Waals surface area contributed by atoms with Gasteiger partial charge in [-0.1, -0.05) is 6.07 Å². The first-order valence-corrected chi connectivity index (χ1v) is 6.42. The van der Waals surface area contributed by atoms with E-state index < -0.39 is 0 Å². The molecule has 19 heavy (non-hydrogen) atoms. The first-order chi connectivity index (χ1) is 9.06. The van der Waals surface area contributed by atoms with Crippen LogP contribution < -0.4 is 10.1 Å². The summed E-state index contributed by atoms with van der Waals surface area (Å²) in [6, 6.07) is 4.21. The lowest BCUT2D eigenvalue weighted by atomic mass is 10.0. The zero-order valence-corrected chi connectivity index (χ0v) is 12.2. The van der Waals surface area contributed by atoms with Gasteiger partial charge >= 0.3 is 0 Å². The maximum Gasteiger partial charge on any atom is 0.128 e. The maximum absolute atomic E-state index is 5.53. The molecule has 4 nitrogen and oxygen atoms in total. The van der Waals surface area contributed by atoms with Crippen molar-refractivity contribution in [3.63, 3.8) is 0 Å². The molecule has 102 valence electrons. The van der Waals surface area contributed by atoms with Crippen LogP contribution in [-0.4, -0.2) is 24.1 Å². The number of aromatic nitrogens is 2. The molecule has 0 saturated carbocycles. The summed E-state index contributed by atoms with van der Waals surface area (Å²) in [5, 5.41) is 3.16. The molecular formula is C15H21N3O. The Morgan fingerprint density at radius 2 is 2.00 bits per heavy atom. The van der Waals surface area contributed by atoms with Crippen molar-refractivity contribution in [3.8, 4) is 17.0 Å². The zero-order chi connectivity index (χ0) is 14.0. The van der Waals surface area contributed by atoms with Gasteiger partial charge in [-0.3, -0.25) is 0 Å². The summed E-state index contributed by atoms with van der Waals surface area (Å²) in [7, 11) is 3.63. The fourth-order valence-corrected chi connectivity index (χ4v) is 2.45. The van der Waals surface area contributed by atoms with Crippen molar-refractivity contribution in [1.82, 2.24) is 15.3 Å². The molecule has 0 aliphatic heterocycles. The molecule has 1 aromatic carbocycles. The number of ether oxygens (including phenoxy) is 1. The minimum atomic E-state index is 0.757. The third kappa shape index (κ3) is 2.63. The van der Waals surface area contributed by atoms with Crippen molar-refractivity contribution in [1.29, 1.82) is 0 Å². The van der Waals surface area contributed by atoms with Gasteiger partial charge in [0.1, 0.15) is 11.6 Å². The predicted octanol–water partition coefficient (Wildman–Crippen LogP) is 2.73. The van der Waals surface area contributed by atoms with Crippen LogP contribution in [0, 0.1) is 20.8 Å². The van der Waals surface area contributed by atoms with E-state index >= 15 is 0 Å². The Labute approximate surface area is 114 Å². The first-order valence-electron chi connectivity index (χ1n) is 6.42. The van der Waals surface area contributed by atoms with Crippen LogP contribution in [0.2, 0.25) is 0 Å². The Balaban J connectivity index is 2.64. The molecule has 2 rings (SSSR count). The molecule has 4 heteroatoms. The number of aryl methyl sites for hydroxylation is 3. The minimum Gasteiger partial charge on any atom is -0.496 e. The molecule has 1 heterocycles. The van der Waals surface area contributed by atoms with Crippen LogP contribution >= 0.6 is 0 Å². The highest BCUT2D eigenvalue weighted by Crippen LogP contribution is 2.35. The van der Waals surface area contributed by atoms with Crippen molar-refractivity contribution >= 4 is 0 Å². The summed E-state index contributed by atoms with van der Waals surface area (Å²) in [4.78, 5) is 7.93. The Morgan fingerprint density at radius 1 is 1.26 bits per heavy atom. The number of benzene rings is 1. The van der Waals surface area contributed by atoms with Gasteiger partial charge in [-0.25, -0.2) is 4.98 Å². The van der Waals surface area contributed by atoms with Gasteiger partial charge in [-0.2, -0.15) is 0 Å². The number of hydrogen-bond acceptors (Lipinski definition) is 3. The Morgan fingerprint density at radius 3 is 2.63 bits per heavy atom. The lowest BCUT2D eigenvalue weighted by Gasteiger charge is -2.12. The van der Waals surface area contributed by atoms with Gasteiger partial charge in [0.15, 0.2) is 0 Å². The van der Waals surface area contributed by atoms with Crippen molar-refractivity contribution in [2.75, 3.05) is 14.2 Å². The molecule has 1 aromatic heterocycles. The van der Waals surface area contributed by atoms with Gasteiger partial charge in [0.25, 0.3) is 0 Å². The second kappa shape index (κ2) is 5.45. The monoisotopic (exact) mass is 259 g/mol. The first kappa shape index (κ1) is 13.6. The van der Waals surface area contributed by atoms with Crippen LogP contribution in [0.1, 0.15) is 22.6 Å². The molecule has 0 aliphatic carbocycles. The fraction of sp³-hybridized carbons (Fsp3) is 0.400. The van der Waals surface area contributed by atoms with E-state index in [1.165, 1.54) is 11.1 Å². The normalized spacial score (nSPS) is 10.8. The molecule has 0 aliphatic rings. The Kier molecular flexibility index (Phi) is 3.90. The molecule has 0 radical (unpaired) electrons. The summed E-state index contributed by atoms with van der Waals surface area (Å²) in [5.74, 6) is 1.80. The number of H-pyrrole nitrogens is 1. The van der Waals surface area contributed by atoms with Crippen LogP contribution in [0.5, 0.6) is 5.75 Å². The van der Waals surface area contributed by atoms with Crippen LogP contribution in [0.25, 0.3) is 11.3 Å². The highest BCUT2D eigenvalue weighted by atomic mass is 16.5.